The predicted molar refractivity (Wildman–Crippen MR) is 62.6 cm³/mol. The topological polar surface area (TPSA) is 69.6 Å². The molecule has 1 heterocycles. The molecule has 0 radical (unpaired) electrons. The lowest BCUT2D eigenvalue weighted by atomic mass is 10.1. The smallest absolute Gasteiger partial charge is 0.303 e. The number of carboxylic acids is 1. The first-order valence-corrected chi connectivity index (χ1v) is 6.36. The Hall–Kier alpha value is -1.10. The van der Waals surface area contributed by atoms with Gasteiger partial charge in [0.05, 0.1) is 6.04 Å². The summed E-state index contributed by atoms with van der Waals surface area (Å²) in [4.78, 5) is 24.9. The van der Waals surface area contributed by atoms with Crippen LogP contribution in [0.5, 0.6) is 0 Å². The van der Waals surface area contributed by atoms with Crippen LogP contribution < -0.4 is 5.32 Å². The van der Waals surface area contributed by atoms with Gasteiger partial charge in [0.25, 0.3) is 0 Å². The van der Waals surface area contributed by atoms with Gasteiger partial charge in [-0.1, -0.05) is 0 Å². The van der Waals surface area contributed by atoms with Crippen molar-refractivity contribution in [3.63, 3.8) is 0 Å². The van der Waals surface area contributed by atoms with E-state index in [0.717, 1.165) is 19.3 Å². The Morgan fingerprint density at radius 1 is 1.47 bits per heavy atom. The van der Waals surface area contributed by atoms with E-state index in [4.69, 9.17) is 5.11 Å². The van der Waals surface area contributed by atoms with Gasteiger partial charge in [-0.3, -0.25) is 14.5 Å². The summed E-state index contributed by atoms with van der Waals surface area (Å²) in [5.74, 6) is -0.826. The highest BCUT2D eigenvalue weighted by Gasteiger charge is 2.41. The molecule has 0 aromatic carbocycles. The molecule has 5 heteroatoms. The molecule has 1 amide bonds. The van der Waals surface area contributed by atoms with Crippen LogP contribution in [0.4, 0.5) is 0 Å². The van der Waals surface area contributed by atoms with Crippen molar-refractivity contribution in [2.45, 2.75) is 57.2 Å². The highest BCUT2D eigenvalue weighted by molar-refractivity contribution is 5.82. The van der Waals surface area contributed by atoms with Gasteiger partial charge in [0.15, 0.2) is 0 Å². The maximum atomic E-state index is 12.0. The molecule has 2 aliphatic rings. The normalized spacial score (nSPS) is 30.8. The molecule has 17 heavy (non-hydrogen) atoms. The first kappa shape index (κ1) is 12.4. The third-order valence-electron chi connectivity index (χ3n) is 3.63. The zero-order valence-corrected chi connectivity index (χ0v) is 10.2. The minimum absolute atomic E-state index is 0.00231. The van der Waals surface area contributed by atoms with E-state index in [1.54, 1.807) is 0 Å². The Morgan fingerprint density at radius 3 is 2.76 bits per heavy atom. The lowest BCUT2D eigenvalue weighted by Crippen LogP contribution is -2.48. The van der Waals surface area contributed by atoms with Crippen LogP contribution in [0.15, 0.2) is 0 Å². The summed E-state index contributed by atoms with van der Waals surface area (Å²) in [6.45, 7) is 2.83. The minimum Gasteiger partial charge on any atom is -0.481 e. The van der Waals surface area contributed by atoms with Gasteiger partial charge in [-0.25, -0.2) is 0 Å². The van der Waals surface area contributed by atoms with E-state index >= 15 is 0 Å². The monoisotopic (exact) mass is 240 g/mol. The zero-order chi connectivity index (χ0) is 12.4. The number of carbonyl (C=O) groups excluding carboxylic acids is 1. The third kappa shape index (κ3) is 2.97. The molecule has 1 saturated heterocycles. The molecule has 96 valence electrons. The van der Waals surface area contributed by atoms with Crippen molar-refractivity contribution < 1.29 is 14.7 Å². The molecule has 2 atom stereocenters. The van der Waals surface area contributed by atoms with Crippen LogP contribution in [0.25, 0.3) is 0 Å². The van der Waals surface area contributed by atoms with E-state index in [0.29, 0.717) is 25.0 Å². The van der Waals surface area contributed by atoms with Crippen LogP contribution in [-0.2, 0) is 9.59 Å². The molecule has 0 aromatic rings. The van der Waals surface area contributed by atoms with Crippen LogP contribution in [0.1, 0.15) is 39.0 Å². The second kappa shape index (κ2) is 5.04. The first-order valence-electron chi connectivity index (χ1n) is 6.36. The van der Waals surface area contributed by atoms with Crippen LogP contribution in [0.2, 0.25) is 0 Å². The van der Waals surface area contributed by atoms with Crippen molar-refractivity contribution in [2.24, 2.45) is 0 Å². The molecule has 5 nitrogen and oxygen atoms in total. The van der Waals surface area contributed by atoms with E-state index in [1.165, 1.54) is 0 Å². The molecule has 2 rings (SSSR count). The predicted octanol–water partition coefficient (Wildman–Crippen LogP) is 0.593. The average Bonchev–Trinajstić information content (AvgIpc) is 3.05. The van der Waals surface area contributed by atoms with Gasteiger partial charge in [0.1, 0.15) is 0 Å². The van der Waals surface area contributed by atoms with Gasteiger partial charge in [-0.05, 0) is 32.6 Å². The summed E-state index contributed by atoms with van der Waals surface area (Å²) < 4.78 is 0. The summed E-state index contributed by atoms with van der Waals surface area (Å²) in [5, 5.41) is 11.6. The standard InChI is InChI=1S/C12H20N2O3/c1-8-6-7-13-12(17)10(4-5-11(15)16)14(8)9-2-3-9/h8-10H,2-7H2,1H3,(H,13,17)(H,15,16). The maximum absolute atomic E-state index is 12.0. The van der Waals surface area contributed by atoms with Crippen molar-refractivity contribution >= 4 is 11.9 Å². The van der Waals surface area contributed by atoms with E-state index in [9.17, 15) is 9.59 Å². The van der Waals surface area contributed by atoms with Crippen molar-refractivity contribution in [3.05, 3.63) is 0 Å². The molecule has 2 fully saturated rings. The average molecular weight is 240 g/mol. The van der Waals surface area contributed by atoms with E-state index in [2.05, 4.69) is 17.1 Å². The second-order valence-electron chi connectivity index (χ2n) is 5.06. The Labute approximate surface area is 101 Å². The summed E-state index contributed by atoms with van der Waals surface area (Å²) >= 11 is 0. The van der Waals surface area contributed by atoms with E-state index in [1.807, 2.05) is 0 Å². The van der Waals surface area contributed by atoms with Crippen molar-refractivity contribution in [1.82, 2.24) is 10.2 Å². The van der Waals surface area contributed by atoms with Crippen molar-refractivity contribution in [2.75, 3.05) is 6.54 Å². The third-order valence-corrected chi connectivity index (χ3v) is 3.63. The number of carboxylic acid groups (broad SMARTS) is 1. The molecule has 1 aliphatic heterocycles. The molecule has 1 aliphatic carbocycles. The maximum Gasteiger partial charge on any atom is 0.303 e. The Morgan fingerprint density at radius 2 is 2.18 bits per heavy atom. The van der Waals surface area contributed by atoms with Crippen LogP contribution in [-0.4, -0.2) is 46.6 Å². The number of carbonyl (C=O) groups is 2. The molecule has 1 saturated carbocycles. The van der Waals surface area contributed by atoms with E-state index < -0.39 is 5.97 Å². The van der Waals surface area contributed by atoms with Gasteiger partial charge in [0, 0.05) is 25.0 Å². The molecular formula is C12H20N2O3. The summed E-state index contributed by atoms with van der Waals surface area (Å²) in [6.07, 6.45) is 3.71. The molecule has 0 spiro atoms. The van der Waals surface area contributed by atoms with Gasteiger partial charge >= 0.3 is 5.97 Å². The molecule has 0 bridgehead atoms. The SMILES string of the molecule is CC1CCNC(=O)C(CCC(=O)O)N1C1CC1. The van der Waals surface area contributed by atoms with Crippen molar-refractivity contribution in [1.29, 1.82) is 0 Å². The lowest BCUT2D eigenvalue weighted by molar-refractivity contribution is -0.137. The van der Waals surface area contributed by atoms with Crippen LogP contribution >= 0.6 is 0 Å². The fourth-order valence-corrected chi connectivity index (χ4v) is 2.64. The number of aliphatic carboxylic acids is 1. The quantitative estimate of drug-likeness (QED) is 0.754. The van der Waals surface area contributed by atoms with E-state index in [-0.39, 0.29) is 18.4 Å². The first-order chi connectivity index (χ1) is 8.09. The highest BCUT2D eigenvalue weighted by Crippen LogP contribution is 2.33. The summed E-state index contributed by atoms with van der Waals surface area (Å²) in [6, 6.07) is 0.601. The zero-order valence-electron chi connectivity index (χ0n) is 10.2. The molecule has 2 N–H and O–H groups in total. The molecule has 0 aromatic heterocycles. The van der Waals surface area contributed by atoms with Crippen LogP contribution in [0.3, 0.4) is 0 Å². The van der Waals surface area contributed by atoms with Crippen LogP contribution in [0, 0.1) is 0 Å². The Kier molecular flexibility index (Phi) is 3.66. The highest BCUT2D eigenvalue weighted by atomic mass is 16.4. The summed E-state index contributed by atoms with van der Waals surface area (Å²) in [5.41, 5.74) is 0. The Bertz CT molecular complexity index is 315. The van der Waals surface area contributed by atoms with Gasteiger partial charge in [0.2, 0.25) is 5.91 Å². The van der Waals surface area contributed by atoms with Gasteiger partial charge in [-0.2, -0.15) is 0 Å². The number of amides is 1. The fraction of sp³-hybridized carbons (Fsp3) is 0.833. The number of hydrogen-bond acceptors (Lipinski definition) is 3. The fourth-order valence-electron chi connectivity index (χ4n) is 2.64. The number of nitrogens with one attached hydrogen (secondary N) is 1. The number of nitrogens with zero attached hydrogens (tertiary/aromatic N) is 1. The second-order valence-corrected chi connectivity index (χ2v) is 5.06. The molecular weight excluding hydrogens is 220 g/mol. The van der Waals surface area contributed by atoms with Crippen molar-refractivity contribution in [3.8, 4) is 0 Å². The van der Waals surface area contributed by atoms with Gasteiger partial charge < -0.3 is 10.4 Å². The minimum atomic E-state index is -0.828. The number of rotatable bonds is 4. The largest absolute Gasteiger partial charge is 0.481 e. The number of hydrogen-bond donors (Lipinski definition) is 2. The summed E-state index contributed by atoms with van der Waals surface area (Å²) in [7, 11) is 0. The lowest BCUT2D eigenvalue weighted by Gasteiger charge is -2.32. The Balaban J connectivity index is 2.08. The molecule has 2 unspecified atom stereocenters. The van der Waals surface area contributed by atoms with Gasteiger partial charge in [-0.15, -0.1) is 0 Å².